The number of carbonyl (C=O) groups is 1. The zero-order valence-corrected chi connectivity index (χ0v) is 14.1. The number of piperidine rings is 1. The lowest BCUT2D eigenvalue weighted by atomic mass is 10.0. The van der Waals surface area contributed by atoms with E-state index in [1.165, 1.54) is 31.2 Å². The van der Waals surface area contributed by atoms with E-state index in [2.05, 4.69) is 10.2 Å². The van der Waals surface area contributed by atoms with Gasteiger partial charge in [-0.3, -0.25) is 4.79 Å². The number of nitrogens with zero attached hydrogens (tertiary/aromatic N) is 1. The van der Waals surface area contributed by atoms with E-state index in [0.717, 1.165) is 37.5 Å². The van der Waals surface area contributed by atoms with Crippen LogP contribution in [0.5, 0.6) is 0 Å². The van der Waals surface area contributed by atoms with Gasteiger partial charge in [0, 0.05) is 25.2 Å². The average molecular weight is 315 g/mol. The van der Waals surface area contributed by atoms with Crippen LogP contribution in [0.4, 0.5) is 0 Å². The van der Waals surface area contributed by atoms with Gasteiger partial charge in [0.1, 0.15) is 6.04 Å². The van der Waals surface area contributed by atoms with Gasteiger partial charge in [-0.2, -0.15) is 0 Å². The molecule has 1 atom stereocenters. The summed E-state index contributed by atoms with van der Waals surface area (Å²) in [5.74, 6) is -0.0480. The van der Waals surface area contributed by atoms with Crippen molar-refractivity contribution in [1.82, 2.24) is 10.2 Å². The number of aryl methyl sites for hydroxylation is 1. The molecule has 23 heavy (non-hydrogen) atoms. The Bertz CT molecular complexity index is 514. The Morgan fingerprint density at radius 2 is 1.74 bits per heavy atom. The normalized spacial score (nSPS) is 22.2. The van der Waals surface area contributed by atoms with Crippen molar-refractivity contribution in [2.75, 3.05) is 13.1 Å². The highest BCUT2D eigenvalue weighted by Gasteiger charge is 2.28. The minimum absolute atomic E-state index is 0.0480. The molecule has 1 saturated heterocycles. The van der Waals surface area contributed by atoms with Crippen molar-refractivity contribution in [1.29, 1.82) is 0 Å². The fraction of sp³-hybridized carbons (Fsp3) is 0.632. The van der Waals surface area contributed by atoms with Gasteiger partial charge in [0.25, 0.3) is 0 Å². The molecule has 1 aliphatic heterocycles. The van der Waals surface area contributed by atoms with E-state index >= 15 is 0 Å². The monoisotopic (exact) mass is 315 g/mol. The Morgan fingerprint density at radius 3 is 2.35 bits per heavy atom. The van der Waals surface area contributed by atoms with Gasteiger partial charge in [-0.05, 0) is 38.2 Å². The molecule has 4 nitrogen and oxygen atoms in total. The Morgan fingerprint density at radius 1 is 1.13 bits per heavy atom. The van der Waals surface area contributed by atoms with Crippen LogP contribution in [0.3, 0.4) is 0 Å². The molecule has 1 aromatic carbocycles. The molecule has 3 rings (SSSR count). The minimum atomic E-state index is -0.566. The van der Waals surface area contributed by atoms with Gasteiger partial charge in [0.05, 0.1) is 0 Å². The standard InChI is InChI=1S/C19H29N3O/c1-14-6-8-15(9-7-14)18(20)19(23)21-16-10-12-22(13-11-16)17-4-2-3-5-17/h6-9,16-18H,2-5,10-13,20H2,1H3,(H,21,23). The van der Waals surface area contributed by atoms with Crippen molar-refractivity contribution in [3.8, 4) is 0 Å². The number of likely N-dealkylation sites (tertiary alicyclic amines) is 1. The van der Waals surface area contributed by atoms with Crippen LogP contribution < -0.4 is 11.1 Å². The maximum atomic E-state index is 12.4. The fourth-order valence-electron chi connectivity index (χ4n) is 3.89. The summed E-state index contributed by atoms with van der Waals surface area (Å²) in [6.07, 6.45) is 7.57. The second-order valence-corrected chi connectivity index (χ2v) is 7.15. The van der Waals surface area contributed by atoms with Gasteiger partial charge in [0.2, 0.25) is 5.91 Å². The van der Waals surface area contributed by atoms with Crippen LogP contribution >= 0.6 is 0 Å². The number of rotatable bonds is 4. The van der Waals surface area contributed by atoms with Crippen molar-refractivity contribution < 1.29 is 4.79 Å². The number of hydrogen-bond acceptors (Lipinski definition) is 3. The predicted molar refractivity (Wildman–Crippen MR) is 93.1 cm³/mol. The van der Waals surface area contributed by atoms with Crippen LogP contribution in [0.1, 0.15) is 55.7 Å². The van der Waals surface area contributed by atoms with Gasteiger partial charge in [-0.25, -0.2) is 0 Å². The Labute approximate surface area is 139 Å². The molecule has 1 aliphatic carbocycles. The van der Waals surface area contributed by atoms with Crippen molar-refractivity contribution in [2.45, 2.75) is 63.6 Å². The van der Waals surface area contributed by atoms with Gasteiger partial charge >= 0.3 is 0 Å². The van der Waals surface area contributed by atoms with Crippen molar-refractivity contribution in [3.63, 3.8) is 0 Å². The molecule has 2 fully saturated rings. The zero-order valence-electron chi connectivity index (χ0n) is 14.1. The minimum Gasteiger partial charge on any atom is -0.352 e. The summed E-state index contributed by atoms with van der Waals surface area (Å²) < 4.78 is 0. The van der Waals surface area contributed by atoms with Crippen LogP contribution in [0.25, 0.3) is 0 Å². The topological polar surface area (TPSA) is 58.4 Å². The van der Waals surface area contributed by atoms with Crippen molar-refractivity contribution in [2.24, 2.45) is 5.73 Å². The lowest BCUT2D eigenvalue weighted by molar-refractivity contribution is -0.123. The molecule has 0 radical (unpaired) electrons. The molecule has 1 saturated carbocycles. The Kier molecular flexibility index (Phi) is 5.34. The van der Waals surface area contributed by atoms with E-state index in [1.807, 2.05) is 31.2 Å². The third kappa shape index (κ3) is 4.12. The average Bonchev–Trinajstić information content (AvgIpc) is 3.10. The van der Waals surface area contributed by atoms with Crippen LogP contribution in [0, 0.1) is 6.92 Å². The highest BCUT2D eigenvalue weighted by molar-refractivity contribution is 5.83. The number of nitrogens with one attached hydrogen (secondary N) is 1. The molecule has 0 aromatic heterocycles. The predicted octanol–water partition coefficient (Wildman–Crippen LogP) is 2.52. The number of amides is 1. The summed E-state index contributed by atoms with van der Waals surface area (Å²) >= 11 is 0. The van der Waals surface area contributed by atoms with E-state index in [0.29, 0.717) is 0 Å². The summed E-state index contributed by atoms with van der Waals surface area (Å²) in [5, 5.41) is 3.15. The molecule has 0 spiro atoms. The molecule has 1 amide bonds. The molecule has 1 unspecified atom stereocenters. The van der Waals surface area contributed by atoms with E-state index in [-0.39, 0.29) is 11.9 Å². The molecule has 1 heterocycles. The van der Waals surface area contributed by atoms with E-state index < -0.39 is 6.04 Å². The van der Waals surface area contributed by atoms with Gasteiger partial charge in [-0.15, -0.1) is 0 Å². The summed E-state index contributed by atoms with van der Waals surface area (Å²) in [5.41, 5.74) is 8.18. The molecule has 2 aliphatic rings. The largest absolute Gasteiger partial charge is 0.352 e. The van der Waals surface area contributed by atoms with E-state index in [9.17, 15) is 4.79 Å². The van der Waals surface area contributed by atoms with Crippen molar-refractivity contribution in [3.05, 3.63) is 35.4 Å². The molecule has 4 heteroatoms. The van der Waals surface area contributed by atoms with Crippen LogP contribution in [-0.2, 0) is 4.79 Å². The molecule has 0 bridgehead atoms. The number of carbonyl (C=O) groups excluding carboxylic acids is 1. The maximum Gasteiger partial charge on any atom is 0.241 e. The lowest BCUT2D eigenvalue weighted by Crippen LogP contribution is -2.49. The van der Waals surface area contributed by atoms with Crippen molar-refractivity contribution >= 4 is 5.91 Å². The number of benzene rings is 1. The second kappa shape index (κ2) is 7.45. The Hall–Kier alpha value is -1.39. The van der Waals surface area contributed by atoms with Crippen LogP contribution in [-0.4, -0.2) is 36.0 Å². The van der Waals surface area contributed by atoms with Crippen LogP contribution in [0.15, 0.2) is 24.3 Å². The molecular weight excluding hydrogens is 286 g/mol. The highest BCUT2D eigenvalue weighted by Crippen LogP contribution is 2.26. The highest BCUT2D eigenvalue weighted by atomic mass is 16.2. The van der Waals surface area contributed by atoms with Crippen LogP contribution in [0.2, 0.25) is 0 Å². The van der Waals surface area contributed by atoms with Gasteiger partial charge in [-0.1, -0.05) is 42.7 Å². The SMILES string of the molecule is Cc1ccc(C(N)C(=O)NC2CCN(C3CCCC3)CC2)cc1. The lowest BCUT2D eigenvalue weighted by Gasteiger charge is -2.36. The van der Waals surface area contributed by atoms with Gasteiger partial charge < -0.3 is 16.0 Å². The third-order valence-corrected chi connectivity index (χ3v) is 5.44. The molecular formula is C19H29N3O. The van der Waals surface area contributed by atoms with E-state index in [4.69, 9.17) is 5.73 Å². The number of nitrogens with two attached hydrogens (primary N) is 1. The fourth-order valence-corrected chi connectivity index (χ4v) is 3.89. The number of hydrogen-bond donors (Lipinski definition) is 2. The second-order valence-electron chi connectivity index (χ2n) is 7.15. The summed E-state index contributed by atoms with van der Waals surface area (Å²) in [4.78, 5) is 15.0. The first-order valence-electron chi connectivity index (χ1n) is 9.00. The smallest absolute Gasteiger partial charge is 0.241 e. The summed E-state index contributed by atoms with van der Waals surface area (Å²) in [6, 6.07) is 8.40. The first-order chi connectivity index (χ1) is 11.1. The Balaban J connectivity index is 1.47. The summed E-state index contributed by atoms with van der Waals surface area (Å²) in [6.45, 7) is 4.25. The summed E-state index contributed by atoms with van der Waals surface area (Å²) in [7, 11) is 0. The third-order valence-electron chi connectivity index (χ3n) is 5.44. The molecule has 3 N–H and O–H groups in total. The molecule has 1 aromatic rings. The first-order valence-corrected chi connectivity index (χ1v) is 9.00. The quantitative estimate of drug-likeness (QED) is 0.897. The molecule has 126 valence electrons. The maximum absolute atomic E-state index is 12.4. The van der Waals surface area contributed by atoms with E-state index in [1.54, 1.807) is 0 Å². The zero-order chi connectivity index (χ0) is 16.2. The van der Waals surface area contributed by atoms with Gasteiger partial charge in [0.15, 0.2) is 0 Å². The first kappa shape index (κ1) is 16.5.